The van der Waals surface area contributed by atoms with Crippen LogP contribution in [0.5, 0.6) is 0 Å². The molecular weight excluding hydrogens is 219 g/mol. The Labute approximate surface area is 89.7 Å². The van der Waals surface area contributed by atoms with Gasteiger partial charge in [0.1, 0.15) is 0 Å². The van der Waals surface area contributed by atoms with E-state index in [1.807, 2.05) is 0 Å². The number of hydrogen-bond acceptors (Lipinski definition) is 4. The molecule has 0 saturated carbocycles. The summed E-state index contributed by atoms with van der Waals surface area (Å²) >= 11 is 0. The van der Waals surface area contributed by atoms with Crippen molar-refractivity contribution in [3.05, 3.63) is 29.8 Å². The van der Waals surface area contributed by atoms with Crippen LogP contribution >= 0.6 is 0 Å². The highest BCUT2D eigenvalue weighted by atomic mass is 19.1. The lowest BCUT2D eigenvalue weighted by atomic mass is 10.2. The average molecular weight is 228 g/mol. The Hall–Kier alpha value is -2.02. The summed E-state index contributed by atoms with van der Waals surface area (Å²) in [6, 6.07) is 0.745. The molecule has 0 aliphatic heterocycles. The van der Waals surface area contributed by atoms with Crippen molar-refractivity contribution in [2.75, 3.05) is 6.61 Å². The van der Waals surface area contributed by atoms with Gasteiger partial charge in [-0.1, -0.05) is 0 Å². The minimum absolute atomic E-state index is 0.0149. The number of hydrogen-bond donors (Lipinski definition) is 3. The Morgan fingerprint density at radius 3 is 2.62 bits per heavy atom. The molecule has 0 unspecified atom stereocenters. The molecule has 0 fully saturated rings. The van der Waals surface area contributed by atoms with Gasteiger partial charge in [0.25, 0.3) is 5.91 Å². The first kappa shape index (κ1) is 12.1. The Morgan fingerprint density at radius 2 is 2.19 bits per heavy atom. The molecule has 1 heterocycles. The number of carbonyl (C=O) groups excluding carboxylic acids is 1. The second kappa shape index (κ2) is 5.17. The van der Waals surface area contributed by atoms with Crippen molar-refractivity contribution < 1.29 is 24.2 Å². The number of aliphatic hydroxyl groups excluding tert-OH is 1. The van der Waals surface area contributed by atoms with Gasteiger partial charge in [-0.3, -0.25) is 4.79 Å². The van der Waals surface area contributed by atoms with Crippen LogP contribution in [0.2, 0.25) is 0 Å². The SMILES string of the molecule is O=C(N[C@@H](CO)C(=O)O)c1ccc(F)nc1. The van der Waals surface area contributed by atoms with E-state index in [0.29, 0.717) is 0 Å². The zero-order valence-electron chi connectivity index (χ0n) is 8.05. The van der Waals surface area contributed by atoms with Crippen LogP contribution in [0.3, 0.4) is 0 Å². The van der Waals surface area contributed by atoms with Crippen molar-refractivity contribution in [1.82, 2.24) is 10.3 Å². The van der Waals surface area contributed by atoms with Gasteiger partial charge in [0.15, 0.2) is 6.04 Å². The Morgan fingerprint density at radius 1 is 1.50 bits per heavy atom. The lowest BCUT2D eigenvalue weighted by molar-refractivity contribution is -0.140. The fourth-order valence-electron chi connectivity index (χ4n) is 0.937. The topological polar surface area (TPSA) is 99.5 Å². The quantitative estimate of drug-likeness (QED) is 0.597. The summed E-state index contributed by atoms with van der Waals surface area (Å²) in [5, 5.41) is 19.3. The highest BCUT2D eigenvalue weighted by Gasteiger charge is 2.19. The maximum Gasteiger partial charge on any atom is 0.328 e. The van der Waals surface area contributed by atoms with E-state index in [-0.39, 0.29) is 5.56 Å². The van der Waals surface area contributed by atoms with Crippen LogP contribution in [0.4, 0.5) is 4.39 Å². The van der Waals surface area contributed by atoms with E-state index < -0.39 is 30.5 Å². The molecule has 0 aliphatic carbocycles. The summed E-state index contributed by atoms with van der Waals surface area (Å²) in [5.41, 5.74) is 0.0149. The molecule has 1 aromatic heterocycles. The van der Waals surface area contributed by atoms with Gasteiger partial charge in [-0.25, -0.2) is 9.78 Å². The first-order valence-electron chi connectivity index (χ1n) is 4.30. The van der Waals surface area contributed by atoms with Crippen LogP contribution in [0.1, 0.15) is 10.4 Å². The van der Waals surface area contributed by atoms with Crippen molar-refractivity contribution in [3.63, 3.8) is 0 Å². The van der Waals surface area contributed by atoms with Crippen molar-refractivity contribution >= 4 is 11.9 Å². The maximum absolute atomic E-state index is 12.4. The first-order chi connectivity index (χ1) is 7.54. The van der Waals surface area contributed by atoms with Gasteiger partial charge < -0.3 is 15.5 Å². The van der Waals surface area contributed by atoms with E-state index in [1.165, 1.54) is 0 Å². The average Bonchev–Trinajstić information content (AvgIpc) is 2.26. The molecule has 0 saturated heterocycles. The number of aliphatic carboxylic acids is 1. The second-order valence-electron chi connectivity index (χ2n) is 2.92. The van der Waals surface area contributed by atoms with Crippen LogP contribution in [0.15, 0.2) is 18.3 Å². The van der Waals surface area contributed by atoms with Gasteiger partial charge >= 0.3 is 5.97 Å². The van der Waals surface area contributed by atoms with E-state index in [2.05, 4.69) is 10.3 Å². The van der Waals surface area contributed by atoms with Crippen molar-refractivity contribution in [2.24, 2.45) is 0 Å². The van der Waals surface area contributed by atoms with Gasteiger partial charge in [-0.2, -0.15) is 4.39 Å². The number of aromatic nitrogens is 1. The number of rotatable bonds is 4. The maximum atomic E-state index is 12.4. The van der Waals surface area contributed by atoms with Crippen molar-refractivity contribution in [3.8, 4) is 0 Å². The summed E-state index contributed by atoms with van der Waals surface area (Å²) in [7, 11) is 0. The molecule has 0 bridgehead atoms. The molecule has 1 rings (SSSR count). The molecule has 0 aliphatic rings. The van der Waals surface area contributed by atoms with Crippen LogP contribution in [-0.2, 0) is 4.79 Å². The molecule has 0 spiro atoms. The highest BCUT2D eigenvalue weighted by Crippen LogP contribution is 1.99. The monoisotopic (exact) mass is 228 g/mol. The van der Waals surface area contributed by atoms with Crippen molar-refractivity contribution in [2.45, 2.75) is 6.04 Å². The Balaban J connectivity index is 2.71. The van der Waals surface area contributed by atoms with Gasteiger partial charge in [-0.15, -0.1) is 0 Å². The number of nitrogens with one attached hydrogen (secondary N) is 1. The number of halogens is 1. The summed E-state index contributed by atoms with van der Waals surface area (Å²) in [5.74, 6) is -2.84. The largest absolute Gasteiger partial charge is 0.480 e. The van der Waals surface area contributed by atoms with Crippen LogP contribution in [0.25, 0.3) is 0 Å². The van der Waals surface area contributed by atoms with E-state index in [1.54, 1.807) is 0 Å². The lowest BCUT2D eigenvalue weighted by Crippen LogP contribution is -2.43. The number of pyridine rings is 1. The van der Waals surface area contributed by atoms with Gasteiger partial charge in [0.05, 0.1) is 12.2 Å². The number of carboxylic acid groups (broad SMARTS) is 1. The van der Waals surface area contributed by atoms with Crippen LogP contribution in [-0.4, -0.2) is 39.7 Å². The molecule has 0 aromatic carbocycles. The fourth-order valence-corrected chi connectivity index (χ4v) is 0.937. The first-order valence-corrected chi connectivity index (χ1v) is 4.30. The fraction of sp³-hybridized carbons (Fsp3) is 0.222. The predicted octanol–water partition coefficient (Wildman–Crippen LogP) is -0.604. The molecule has 1 atom stereocenters. The third kappa shape index (κ3) is 2.99. The molecule has 3 N–H and O–H groups in total. The normalized spacial score (nSPS) is 11.9. The summed E-state index contributed by atoms with van der Waals surface area (Å²) in [4.78, 5) is 25.1. The van der Waals surface area contributed by atoms with E-state index in [9.17, 15) is 14.0 Å². The minimum Gasteiger partial charge on any atom is -0.480 e. The number of aliphatic hydroxyl groups is 1. The summed E-state index contributed by atoms with van der Waals surface area (Å²) < 4.78 is 12.4. The number of amides is 1. The molecular formula is C9H9FN2O4. The van der Waals surface area contributed by atoms with Crippen molar-refractivity contribution in [1.29, 1.82) is 0 Å². The molecule has 0 radical (unpaired) electrons. The predicted molar refractivity (Wildman–Crippen MR) is 50.2 cm³/mol. The highest BCUT2D eigenvalue weighted by molar-refractivity contribution is 5.96. The Bertz CT molecular complexity index is 393. The Kier molecular flexibility index (Phi) is 3.90. The lowest BCUT2D eigenvalue weighted by Gasteiger charge is -2.10. The minimum atomic E-state index is -1.39. The summed E-state index contributed by atoms with van der Waals surface area (Å²) in [6.45, 7) is -0.726. The van der Waals surface area contributed by atoms with Gasteiger partial charge in [-0.05, 0) is 12.1 Å². The zero-order chi connectivity index (χ0) is 12.1. The molecule has 86 valence electrons. The summed E-state index contributed by atoms with van der Waals surface area (Å²) in [6.07, 6.45) is 0.973. The second-order valence-corrected chi connectivity index (χ2v) is 2.92. The molecule has 16 heavy (non-hydrogen) atoms. The van der Waals surface area contributed by atoms with E-state index >= 15 is 0 Å². The number of carbonyl (C=O) groups is 2. The third-order valence-corrected chi connectivity index (χ3v) is 1.78. The standard InChI is InChI=1S/C9H9FN2O4/c10-7-2-1-5(3-11-7)8(14)12-6(4-13)9(15)16/h1-3,6,13H,4H2,(H,12,14)(H,15,16)/t6-/m0/s1. The van der Waals surface area contributed by atoms with Gasteiger partial charge in [0.2, 0.25) is 5.95 Å². The van der Waals surface area contributed by atoms with Crippen LogP contribution in [0, 0.1) is 5.95 Å². The molecule has 1 amide bonds. The third-order valence-electron chi connectivity index (χ3n) is 1.78. The smallest absolute Gasteiger partial charge is 0.328 e. The van der Waals surface area contributed by atoms with Gasteiger partial charge in [0, 0.05) is 6.20 Å². The van der Waals surface area contributed by atoms with Crippen LogP contribution < -0.4 is 5.32 Å². The molecule has 6 nitrogen and oxygen atoms in total. The van der Waals surface area contributed by atoms with E-state index in [4.69, 9.17) is 10.2 Å². The number of carboxylic acids is 1. The molecule has 7 heteroatoms. The van der Waals surface area contributed by atoms with E-state index in [0.717, 1.165) is 18.3 Å². The zero-order valence-corrected chi connectivity index (χ0v) is 8.05. The molecule has 1 aromatic rings. The number of nitrogens with zero attached hydrogens (tertiary/aromatic N) is 1.